The lowest BCUT2D eigenvalue weighted by molar-refractivity contribution is -0.120. The van der Waals surface area contributed by atoms with Gasteiger partial charge in [-0.2, -0.15) is 0 Å². The Balaban J connectivity index is 1.85. The SMILES string of the molecule is CC(=O)c1ccc(CC(=O)CN2CCOCC2)cc1. The van der Waals surface area contributed by atoms with E-state index in [1.807, 2.05) is 12.1 Å². The number of nitrogens with zero attached hydrogens (tertiary/aromatic N) is 1. The Kier molecular flexibility index (Phi) is 4.82. The van der Waals surface area contributed by atoms with Crippen LogP contribution in [0.4, 0.5) is 0 Å². The van der Waals surface area contributed by atoms with Crippen LogP contribution in [0.5, 0.6) is 0 Å². The molecule has 0 aromatic heterocycles. The van der Waals surface area contributed by atoms with Crippen LogP contribution in [0.25, 0.3) is 0 Å². The van der Waals surface area contributed by atoms with Crippen LogP contribution in [-0.4, -0.2) is 49.3 Å². The van der Waals surface area contributed by atoms with Crippen LogP contribution in [0.2, 0.25) is 0 Å². The molecule has 0 aliphatic carbocycles. The fraction of sp³-hybridized carbons (Fsp3) is 0.467. The zero-order valence-electron chi connectivity index (χ0n) is 11.2. The maximum atomic E-state index is 12.0. The topological polar surface area (TPSA) is 46.6 Å². The Bertz CT molecular complexity index is 447. The second-order valence-corrected chi connectivity index (χ2v) is 4.86. The summed E-state index contributed by atoms with van der Waals surface area (Å²) < 4.78 is 5.25. The largest absolute Gasteiger partial charge is 0.379 e. The van der Waals surface area contributed by atoms with E-state index in [2.05, 4.69) is 4.90 Å². The van der Waals surface area contributed by atoms with Gasteiger partial charge in [-0.1, -0.05) is 24.3 Å². The molecule has 0 N–H and O–H groups in total. The van der Waals surface area contributed by atoms with E-state index in [0.29, 0.717) is 31.7 Å². The van der Waals surface area contributed by atoms with Crippen molar-refractivity contribution in [3.8, 4) is 0 Å². The zero-order chi connectivity index (χ0) is 13.7. The number of ether oxygens (including phenoxy) is 1. The van der Waals surface area contributed by atoms with Crippen molar-refractivity contribution in [3.63, 3.8) is 0 Å². The number of Topliss-reactive ketones (excluding diaryl/α,β-unsaturated/α-hetero) is 2. The highest BCUT2D eigenvalue weighted by Crippen LogP contribution is 2.07. The van der Waals surface area contributed by atoms with Crippen molar-refractivity contribution in [2.75, 3.05) is 32.8 Å². The van der Waals surface area contributed by atoms with Crippen molar-refractivity contribution in [1.82, 2.24) is 4.90 Å². The van der Waals surface area contributed by atoms with Crippen molar-refractivity contribution in [3.05, 3.63) is 35.4 Å². The standard InChI is InChI=1S/C15H19NO3/c1-12(17)14-4-2-13(3-5-14)10-15(18)11-16-6-8-19-9-7-16/h2-5H,6-11H2,1H3. The van der Waals surface area contributed by atoms with Crippen molar-refractivity contribution < 1.29 is 14.3 Å². The van der Waals surface area contributed by atoms with Gasteiger partial charge in [-0.05, 0) is 12.5 Å². The summed E-state index contributed by atoms with van der Waals surface area (Å²) in [6.45, 7) is 5.10. The number of rotatable bonds is 5. The fourth-order valence-corrected chi connectivity index (χ4v) is 2.15. The average Bonchev–Trinajstić information content (AvgIpc) is 2.40. The van der Waals surface area contributed by atoms with Crippen molar-refractivity contribution in [2.45, 2.75) is 13.3 Å². The van der Waals surface area contributed by atoms with Crippen LogP contribution in [0.1, 0.15) is 22.8 Å². The molecule has 1 aliphatic rings. The molecule has 0 saturated carbocycles. The summed E-state index contributed by atoms with van der Waals surface area (Å²) >= 11 is 0. The first-order chi connectivity index (χ1) is 9.15. The lowest BCUT2D eigenvalue weighted by Crippen LogP contribution is -2.39. The normalized spacial score (nSPS) is 16.3. The van der Waals surface area contributed by atoms with E-state index >= 15 is 0 Å². The van der Waals surface area contributed by atoms with Gasteiger partial charge in [0.2, 0.25) is 0 Å². The minimum atomic E-state index is 0.0474. The number of ketones is 2. The molecule has 1 heterocycles. The van der Waals surface area contributed by atoms with Crippen molar-refractivity contribution in [1.29, 1.82) is 0 Å². The van der Waals surface area contributed by atoms with E-state index in [4.69, 9.17) is 4.74 Å². The van der Waals surface area contributed by atoms with Gasteiger partial charge in [-0.15, -0.1) is 0 Å². The third-order valence-corrected chi connectivity index (χ3v) is 3.27. The van der Waals surface area contributed by atoms with Gasteiger partial charge in [0, 0.05) is 25.1 Å². The second kappa shape index (κ2) is 6.59. The van der Waals surface area contributed by atoms with Gasteiger partial charge in [0.05, 0.1) is 19.8 Å². The van der Waals surface area contributed by atoms with Crippen LogP contribution in [-0.2, 0) is 16.0 Å². The molecular formula is C15H19NO3. The highest BCUT2D eigenvalue weighted by atomic mass is 16.5. The van der Waals surface area contributed by atoms with E-state index < -0.39 is 0 Å². The van der Waals surface area contributed by atoms with E-state index in [0.717, 1.165) is 18.7 Å². The van der Waals surface area contributed by atoms with Gasteiger partial charge < -0.3 is 4.74 Å². The van der Waals surface area contributed by atoms with Gasteiger partial charge in [0.15, 0.2) is 11.6 Å². The molecule has 1 fully saturated rings. The summed E-state index contributed by atoms with van der Waals surface area (Å²) in [7, 11) is 0. The molecule has 0 unspecified atom stereocenters. The number of hydrogen-bond acceptors (Lipinski definition) is 4. The van der Waals surface area contributed by atoms with Crippen LogP contribution in [0.3, 0.4) is 0 Å². The number of morpholine rings is 1. The lowest BCUT2D eigenvalue weighted by atomic mass is 10.0. The molecule has 4 heteroatoms. The minimum absolute atomic E-state index is 0.0474. The van der Waals surface area contributed by atoms with E-state index in [9.17, 15) is 9.59 Å². The Hall–Kier alpha value is -1.52. The predicted molar refractivity (Wildman–Crippen MR) is 72.4 cm³/mol. The molecule has 0 bridgehead atoms. The van der Waals surface area contributed by atoms with Crippen LogP contribution in [0, 0.1) is 0 Å². The minimum Gasteiger partial charge on any atom is -0.379 e. The van der Waals surface area contributed by atoms with Gasteiger partial charge in [0.1, 0.15) is 0 Å². The Morgan fingerprint density at radius 2 is 1.79 bits per heavy atom. The second-order valence-electron chi connectivity index (χ2n) is 4.86. The lowest BCUT2D eigenvalue weighted by Gasteiger charge is -2.25. The van der Waals surface area contributed by atoms with E-state index in [-0.39, 0.29) is 11.6 Å². The Morgan fingerprint density at radius 1 is 1.16 bits per heavy atom. The predicted octanol–water partition coefficient (Wildman–Crippen LogP) is 1.33. The molecular weight excluding hydrogens is 242 g/mol. The highest BCUT2D eigenvalue weighted by molar-refractivity contribution is 5.94. The summed E-state index contributed by atoms with van der Waals surface area (Å²) in [5.41, 5.74) is 1.65. The number of carbonyl (C=O) groups is 2. The zero-order valence-corrected chi connectivity index (χ0v) is 11.2. The van der Waals surface area contributed by atoms with Crippen molar-refractivity contribution in [2.24, 2.45) is 0 Å². The molecule has 1 aromatic rings. The molecule has 4 nitrogen and oxygen atoms in total. The third-order valence-electron chi connectivity index (χ3n) is 3.27. The number of hydrogen-bond donors (Lipinski definition) is 0. The molecule has 2 rings (SSSR count). The first kappa shape index (κ1) is 13.9. The number of carbonyl (C=O) groups excluding carboxylic acids is 2. The van der Waals surface area contributed by atoms with Crippen LogP contribution in [0.15, 0.2) is 24.3 Å². The van der Waals surface area contributed by atoms with Crippen LogP contribution >= 0.6 is 0 Å². The Morgan fingerprint density at radius 3 is 2.37 bits per heavy atom. The van der Waals surface area contributed by atoms with Crippen LogP contribution < -0.4 is 0 Å². The van der Waals surface area contributed by atoms with E-state index in [1.165, 1.54) is 0 Å². The maximum Gasteiger partial charge on any atom is 0.159 e. The quantitative estimate of drug-likeness (QED) is 0.750. The van der Waals surface area contributed by atoms with Gasteiger partial charge in [0.25, 0.3) is 0 Å². The smallest absolute Gasteiger partial charge is 0.159 e. The fourth-order valence-electron chi connectivity index (χ4n) is 2.15. The van der Waals surface area contributed by atoms with Gasteiger partial charge in [-0.3, -0.25) is 14.5 Å². The molecule has 0 atom stereocenters. The molecule has 0 amide bonds. The third kappa shape index (κ3) is 4.26. The molecule has 1 aromatic carbocycles. The first-order valence-corrected chi connectivity index (χ1v) is 6.57. The molecule has 102 valence electrons. The van der Waals surface area contributed by atoms with E-state index in [1.54, 1.807) is 19.1 Å². The van der Waals surface area contributed by atoms with Crippen molar-refractivity contribution >= 4 is 11.6 Å². The highest BCUT2D eigenvalue weighted by Gasteiger charge is 2.14. The maximum absolute atomic E-state index is 12.0. The summed E-state index contributed by atoms with van der Waals surface area (Å²) in [6.07, 6.45) is 0.426. The first-order valence-electron chi connectivity index (χ1n) is 6.57. The molecule has 1 saturated heterocycles. The summed E-state index contributed by atoms with van der Waals surface area (Å²) in [6, 6.07) is 7.27. The summed E-state index contributed by atoms with van der Waals surface area (Å²) in [5.74, 6) is 0.253. The molecule has 0 radical (unpaired) electrons. The number of benzene rings is 1. The molecule has 0 spiro atoms. The molecule has 19 heavy (non-hydrogen) atoms. The van der Waals surface area contributed by atoms with Gasteiger partial charge in [-0.25, -0.2) is 0 Å². The monoisotopic (exact) mass is 261 g/mol. The summed E-state index contributed by atoms with van der Waals surface area (Å²) in [5, 5.41) is 0. The van der Waals surface area contributed by atoms with Gasteiger partial charge >= 0.3 is 0 Å². The molecule has 1 aliphatic heterocycles. The average molecular weight is 261 g/mol. The summed E-state index contributed by atoms with van der Waals surface area (Å²) in [4.78, 5) is 25.2. The Labute approximate surface area is 113 Å².